The molecule has 0 bridgehead atoms. The number of methoxy groups -OCH3 is 1. The lowest BCUT2D eigenvalue weighted by atomic mass is 10.2. The summed E-state index contributed by atoms with van der Waals surface area (Å²) >= 11 is 3.31. The number of aromatic hydroxyl groups is 1. The van der Waals surface area contributed by atoms with Gasteiger partial charge in [-0.2, -0.15) is 9.78 Å². The van der Waals surface area contributed by atoms with Crippen LogP contribution in [0.3, 0.4) is 0 Å². The third-order valence-electron chi connectivity index (χ3n) is 3.55. The van der Waals surface area contributed by atoms with Crippen LogP contribution >= 0.6 is 15.9 Å². The minimum absolute atomic E-state index is 0.261. The maximum absolute atomic E-state index is 12.5. The van der Waals surface area contributed by atoms with Crippen molar-refractivity contribution in [2.24, 2.45) is 0 Å². The molecule has 0 radical (unpaired) electrons. The zero-order valence-electron chi connectivity index (χ0n) is 13.6. The quantitative estimate of drug-likeness (QED) is 0.682. The number of rotatable bonds is 4. The Morgan fingerprint density at radius 3 is 2.42 bits per heavy atom. The molecule has 3 aromatic rings. The lowest BCUT2D eigenvalue weighted by Gasteiger charge is -2.10. The van der Waals surface area contributed by atoms with E-state index in [4.69, 9.17) is 4.74 Å². The van der Waals surface area contributed by atoms with E-state index in [9.17, 15) is 14.7 Å². The minimum atomic E-state index is -0.640. The molecule has 0 atom stereocenters. The van der Waals surface area contributed by atoms with Crippen LogP contribution in [0.15, 0.2) is 63.9 Å². The fraction of sp³-hybridized carbons (Fsp3) is 0.0556. The van der Waals surface area contributed by atoms with Crippen LogP contribution in [0.25, 0.3) is 5.69 Å². The Balaban J connectivity index is 1.93. The molecule has 0 aliphatic carbocycles. The van der Waals surface area contributed by atoms with Crippen LogP contribution in [0.4, 0.5) is 5.69 Å². The molecule has 0 unspecified atom stereocenters. The Morgan fingerprint density at radius 1 is 1.15 bits per heavy atom. The van der Waals surface area contributed by atoms with Crippen molar-refractivity contribution in [3.8, 4) is 17.2 Å². The second-order valence-corrected chi connectivity index (χ2v) is 6.20. The topological polar surface area (TPSA) is 93.5 Å². The van der Waals surface area contributed by atoms with Gasteiger partial charge in [0, 0.05) is 16.2 Å². The summed E-state index contributed by atoms with van der Waals surface area (Å²) in [6.07, 6.45) is 0. The first-order chi connectivity index (χ1) is 12.5. The van der Waals surface area contributed by atoms with Crippen molar-refractivity contribution >= 4 is 27.5 Å². The zero-order chi connectivity index (χ0) is 18.7. The number of nitrogens with one attached hydrogen (secondary N) is 1. The highest BCUT2D eigenvalue weighted by Crippen LogP contribution is 2.19. The Labute approximate surface area is 157 Å². The largest absolute Gasteiger partial charge is 0.505 e. The molecule has 0 fully saturated rings. The van der Waals surface area contributed by atoms with Gasteiger partial charge < -0.3 is 15.2 Å². The number of hydrogen-bond acceptors (Lipinski definition) is 5. The van der Waals surface area contributed by atoms with Crippen LogP contribution in [0.2, 0.25) is 0 Å². The predicted octanol–water partition coefficient (Wildman–Crippen LogP) is 2.96. The number of benzene rings is 2. The molecule has 0 saturated heterocycles. The molecule has 1 heterocycles. The van der Waals surface area contributed by atoms with Crippen molar-refractivity contribution < 1.29 is 14.6 Å². The van der Waals surface area contributed by atoms with Crippen LogP contribution in [0.5, 0.6) is 11.5 Å². The summed E-state index contributed by atoms with van der Waals surface area (Å²) in [4.78, 5) is 24.6. The molecule has 1 amide bonds. The van der Waals surface area contributed by atoms with E-state index in [-0.39, 0.29) is 5.69 Å². The van der Waals surface area contributed by atoms with Gasteiger partial charge in [-0.3, -0.25) is 9.59 Å². The number of nitrogens with zero attached hydrogens (tertiary/aromatic N) is 2. The first-order valence-corrected chi connectivity index (χ1v) is 8.32. The molecule has 1 aromatic heterocycles. The van der Waals surface area contributed by atoms with Crippen LogP contribution in [0.1, 0.15) is 10.5 Å². The fourth-order valence-electron chi connectivity index (χ4n) is 2.24. The fourth-order valence-corrected chi connectivity index (χ4v) is 2.50. The highest BCUT2D eigenvalue weighted by Gasteiger charge is 2.17. The van der Waals surface area contributed by atoms with E-state index in [1.54, 1.807) is 55.6 Å². The SMILES string of the molecule is COc1ccc(NC(=O)c2nn(-c3ccc(Br)cc3)c(=O)cc2O)cc1. The monoisotopic (exact) mass is 415 g/mol. The molecule has 2 aromatic carbocycles. The van der Waals surface area contributed by atoms with Gasteiger partial charge in [-0.05, 0) is 48.5 Å². The van der Waals surface area contributed by atoms with Gasteiger partial charge in [-0.15, -0.1) is 0 Å². The molecule has 7 nitrogen and oxygen atoms in total. The van der Waals surface area contributed by atoms with Gasteiger partial charge in [0.05, 0.1) is 12.8 Å². The van der Waals surface area contributed by atoms with Crippen molar-refractivity contribution in [3.05, 3.63) is 75.1 Å². The van der Waals surface area contributed by atoms with E-state index in [0.29, 0.717) is 17.1 Å². The van der Waals surface area contributed by atoms with Gasteiger partial charge in [0.1, 0.15) is 5.75 Å². The van der Waals surface area contributed by atoms with Gasteiger partial charge in [0.2, 0.25) is 0 Å². The van der Waals surface area contributed by atoms with Crippen molar-refractivity contribution in [1.29, 1.82) is 0 Å². The highest BCUT2D eigenvalue weighted by molar-refractivity contribution is 9.10. The normalized spacial score (nSPS) is 10.4. The van der Waals surface area contributed by atoms with Gasteiger partial charge >= 0.3 is 0 Å². The zero-order valence-corrected chi connectivity index (χ0v) is 15.2. The number of ether oxygens (including phenoxy) is 1. The van der Waals surface area contributed by atoms with Crippen LogP contribution < -0.4 is 15.6 Å². The predicted molar refractivity (Wildman–Crippen MR) is 100 cm³/mol. The van der Waals surface area contributed by atoms with E-state index >= 15 is 0 Å². The van der Waals surface area contributed by atoms with Gasteiger partial charge in [0.15, 0.2) is 11.4 Å². The smallest absolute Gasteiger partial charge is 0.279 e. The summed E-state index contributed by atoms with van der Waals surface area (Å²) in [5.74, 6) is -0.485. The van der Waals surface area contributed by atoms with Crippen LogP contribution in [-0.4, -0.2) is 27.9 Å². The molecular weight excluding hydrogens is 402 g/mol. The first kappa shape index (κ1) is 17.7. The minimum Gasteiger partial charge on any atom is -0.505 e. The number of hydrogen-bond donors (Lipinski definition) is 2. The molecule has 0 aliphatic heterocycles. The second-order valence-electron chi connectivity index (χ2n) is 5.29. The van der Waals surface area contributed by atoms with E-state index < -0.39 is 17.2 Å². The molecule has 0 spiro atoms. The third-order valence-corrected chi connectivity index (χ3v) is 4.07. The summed E-state index contributed by atoms with van der Waals surface area (Å²) < 4.78 is 6.95. The Bertz CT molecular complexity index is 998. The maximum Gasteiger partial charge on any atom is 0.279 e. The molecule has 0 aliphatic rings. The Morgan fingerprint density at radius 2 is 1.81 bits per heavy atom. The summed E-state index contributed by atoms with van der Waals surface area (Å²) in [6.45, 7) is 0. The lowest BCUT2D eigenvalue weighted by Crippen LogP contribution is -2.25. The van der Waals surface area contributed by atoms with Crippen molar-refractivity contribution in [2.75, 3.05) is 12.4 Å². The van der Waals surface area contributed by atoms with E-state index in [1.165, 1.54) is 0 Å². The number of carbonyl (C=O) groups is 1. The third kappa shape index (κ3) is 3.75. The number of anilines is 1. The van der Waals surface area contributed by atoms with Crippen LogP contribution in [-0.2, 0) is 0 Å². The van der Waals surface area contributed by atoms with E-state index in [1.807, 2.05) is 0 Å². The number of carbonyl (C=O) groups excluding carboxylic acids is 1. The number of halogens is 1. The Hall–Kier alpha value is -3.13. The summed E-state index contributed by atoms with van der Waals surface area (Å²) in [5, 5.41) is 16.6. The van der Waals surface area contributed by atoms with Crippen molar-refractivity contribution in [3.63, 3.8) is 0 Å². The first-order valence-electron chi connectivity index (χ1n) is 7.52. The molecule has 26 heavy (non-hydrogen) atoms. The van der Waals surface area contributed by atoms with Crippen molar-refractivity contribution in [2.45, 2.75) is 0 Å². The van der Waals surface area contributed by atoms with Crippen molar-refractivity contribution in [1.82, 2.24) is 9.78 Å². The summed E-state index contributed by atoms with van der Waals surface area (Å²) in [7, 11) is 1.54. The summed E-state index contributed by atoms with van der Waals surface area (Å²) in [6, 6.07) is 14.5. The highest BCUT2D eigenvalue weighted by atomic mass is 79.9. The molecule has 132 valence electrons. The van der Waals surface area contributed by atoms with E-state index in [0.717, 1.165) is 15.2 Å². The Kier molecular flexibility index (Phi) is 5.04. The van der Waals surface area contributed by atoms with Crippen LogP contribution in [0, 0.1) is 0 Å². The molecule has 3 rings (SSSR count). The number of aromatic nitrogens is 2. The molecule has 0 saturated carbocycles. The molecule has 8 heteroatoms. The van der Waals surface area contributed by atoms with Gasteiger partial charge in [-0.25, -0.2) is 0 Å². The van der Waals surface area contributed by atoms with Gasteiger partial charge in [0.25, 0.3) is 11.5 Å². The lowest BCUT2D eigenvalue weighted by molar-refractivity contribution is 0.101. The molecular formula is C18H14BrN3O4. The summed E-state index contributed by atoms with van der Waals surface area (Å²) in [5.41, 5.74) is 0.157. The van der Waals surface area contributed by atoms with Gasteiger partial charge in [-0.1, -0.05) is 15.9 Å². The average Bonchev–Trinajstić information content (AvgIpc) is 2.63. The second kappa shape index (κ2) is 7.40. The average molecular weight is 416 g/mol. The molecule has 2 N–H and O–H groups in total. The van der Waals surface area contributed by atoms with E-state index in [2.05, 4.69) is 26.3 Å². The maximum atomic E-state index is 12.5. The number of amides is 1. The standard InChI is InChI=1S/C18H14BrN3O4/c1-26-14-8-4-12(5-9-14)20-18(25)17-15(23)10-16(24)22(21-17)13-6-2-11(19)3-7-13/h2-10,23H,1H3,(H,20,25).